The first kappa shape index (κ1) is 9.24. The van der Waals surface area contributed by atoms with Crippen molar-refractivity contribution in [2.24, 2.45) is 0 Å². The molecule has 0 saturated heterocycles. The van der Waals surface area contributed by atoms with Crippen LogP contribution in [0.3, 0.4) is 0 Å². The van der Waals surface area contributed by atoms with Crippen molar-refractivity contribution in [2.45, 2.75) is 40.2 Å². The second kappa shape index (κ2) is 4.24. The lowest BCUT2D eigenvalue weighted by Gasteiger charge is -1.98. The molecule has 1 heteroatoms. The molecule has 1 rings (SSSR count). The third-order valence-electron chi connectivity index (χ3n) is 2.27. The van der Waals surface area contributed by atoms with E-state index in [1.807, 2.05) is 0 Å². The first-order chi connectivity index (χ1) is 5.74. The Kier molecular flexibility index (Phi) is 3.27. The molecule has 0 atom stereocenters. The number of nitrogens with zero attached hydrogens (tertiary/aromatic N) is 1. The fourth-order valence-electron chi connectivity index (χ4n) is 1.21. The zero-order chi connectivity index (χ0) is 8.97. The van der Waals surface area contributed by atoms with Gasteiger partial charge in [-0.3, -0.25) is 0 Å². The van der Waals surface area contributed by atoms with E-state index in [0.29, 0.717) is 0 Å². The average Bonchev–Trinajstić information content (AvgIpc) is 2.07. The van der Waals surface area contributed by atoms with Crippen LogP contribution < -0.4 is 4.57 Å². The minimum absolute atomic E-state index is 1.15. The summed E-state index contributed by atoms with van der Waals surface area (Å²) in [6.07, 6.45) is 6.93. The minimum atomic E-state index is 1.15. The molecule has 0 spiro atoms. The number of pyridine rings is 1. The van der Waals surface area contributed by atoms with Crippen molar-refractivity contribution in [2.75, 3.05) is 0 Å². The van der Waals surface area contributed by atoms with Gasteiger partial charge >= 0.3 is 0 Å². The van der Waals surface area contributed by atoms with Crippen LogP contribution in [0.4, 0.5) is 0 Å². The maximum atomic E-state index is 2.27. The number of hydrogen-bond donors (Lipinski definition) is 0. The third kappa shape index (κ3) is 2.33. The first-order valence-corrected chi connectivity index (χ1v) is 4.70. The van der Waals surface area contributed by atoms with E-state index >= 15 is 0 Å². The van der Waals surface area contributed by atoms with Crippen LogP contribution in [-0.2, 0) is 6.54 Å². The van der Waals surface area contributed by atoms with Crippen LogP contribution in [0.1, 0.15) is 30.9 Å². The van der Waals surface area contributed by atoms with Crippen LogP contribution in [0, 0.1) is 13.8 Å². The highest BCUT2D eigenvalue weighted by Gasteiger charge is 2.00. The van der Waals surface area contributed by atoms with Gasteiger partial charge in [-0.1, -0.05) is 13.3 Å². The molecule has 0 aliphatic heterocycles. The highest BCUT2D eigenvalue weighted by Crippen LogP contribution is 2.00. The Hall–Kier alpha value is -0.850. The molecule has 0 amide bonds. The maximum Gasteiger partial charge on any atom is 0.171 e. The van der Waals surface area contributed by atoms with Crippen molar-refractivity contribution in [3.05, 3.63) is 29.6 Å². The van der Waals surface area contributed by atoms with Crippen LogP contribution in [0.15, 0.2) is 18.5 Å². The van der Waals surface area contributed by atoms with Crippen molar-refractivity contribution in [3.8, 4) is 0 Å². The maximum absolute atomic E-state index is 2.27. The molecule has 0 radical (unpaired) electrons. The fourth-order valence-corrected chi connectivity index (χ4v) is 1.21. The Labute approximate surface area is 75.1 Å². The van der Waals surface area contributed by atoms with Gasteiger partial charge in [0.25, 0.3) is 0 Å². The second-order valence-corrected chi connectivity index (χ2v) is 3.40. The van der Waals surface area contributed by atoms with Gasteiger partial charge < -0.3 is 0 Å². The van der Waals surface area contributed by atoms with Crippen molar-refractivity contribution >= 4 is 0 Å². The van der Waals surface area contributed by atoms with Crippen LogP contribution in [0.25, 0.3) is 0 Å². The predicted molar refractivity (Wildman–Crippen MR) is 51.0 cm³/mol. The number of rotatable bonds is 3. The molecule has 12 heavy (non-hydrogen) atoms. The summed E-state index contributed by atoms with van der Waals surface area (Å²) >= 11 is 0. The molecular formula is C11H18N+. The lowest BCUT2D eigenvalue weighted by atomic mass is 10.2. The molecule has 0 fully saturated rings. The van der Waals surface area contributed by atoms with Gasteiger partial charge in [0.05, 0.1) is 0 Å². The number of hydrogen-bond acceptors (Lipinski definition) is 0. The van der Waals surface area contributed by atoms with Gasteiger partial charge in [-0.15, -0.1) is 0 Å². The quantitative estimate of drug-likeness (QED) is 0.604. The molecule has 0 saturated carbocycles. The summed E-state index contributed by atoms with van der Waals surface area (Å²) in [5, 5.41) is 0. The van der Waals surface area contributed by atoms with Gasteiger partial charge in [0.2, 0.25) is 0 Å². The van der Waals surface area contributed by atoms with E-state index in [1.54, 1.807) is 0 Å². The molecule has 0 unspecified atom stereocenters. The zero-order valence-electron chi connectivity index (χ0n) is 8.30. The summed E-state index contributed by atoms with van der Waals surface area (Å²) in [6, 6.07) is 2.19. The summed E-state index contributed by atoms with van der Waals surface area (Å²) in [6.45, 7) is 7.69. The summed E-state index contributed by atoms with van der Waals surface area (Å²) in [7, 11) is 0. The largest absolute Gasteiger partial charge is 0.205 e. The van der Waals surface area contributed by atoms with Crippen molar-refractivity contribution < 1.29 is 4.57 Å². The number of unbranched alkanes of at least 4 members (excludes halogenated alkanes) is 1. The highest BCUT2D eigenvalue weighted by atomic mass is 14.9. The Balaban J connectivity index is 2.69. The Morgan fingerprint density at radius 3 is 2.58 bits per heavy atom. The lowest BCUT2D eigenvalue weighted by molar-refractivity contribution is -0.697. The van der Waals surface area contributed by atoms with E-state index in [-0.39, 0.29) is 0 Å². The van der Waals surface area contributed by atoms with Gasteiger partial charge in [-0.2, -0.15) is 0 Å². The van der Waals surface area contributed by atoms with Gasteiger partial charge in [0.15, 0.2) is 12.4 Å². The summed E-state index contributed by atoms with van der Waals surface area (Å²) in [5.74, 6) is 0. The van der Waals surface area contributed by atoms with E-state index < -0.39 is 0 Å². The Bertz CT molecular complexity index is 253. The molecule has 0 aliphatic carbocycles. The van der Waals surface area contributed by atoms with Gasteiger partial charge in [0, 0.05) is 18.1 Å². The molecule has 0 N–H and O–H groups in total. The zero-order valence-corrected chi connectivity index (χ0v) is 8.30. The summed E-state index contributed by atoms with van der Waals surface area (Å²) in [4.78, 5) is 0. The first-order valence-electron chi connectivity index (χ1n) is 4.70. The topological polar surface area (TPSA) is 3.88 Å². The van der Waals surface area contributed by atoms with Crippen molar-refractivity contribution in [1.82, 2.24) is 0 Å². The molecular weight excluding hydrogens is 146 g/mol. The fraction of sp³-hybridized carbons (Fsp3) is 0.545. The second-order valence-electron chi connectivity index (χ2n) is 3.40. The lowest BCUT2D eigenvalue weighted by Crippen LogP contribution is -2.33. The predicted octanol–water partition coefficient (Wildman–Crippen LogP) is 2.39. The molecule has 66 valence electrons. The Morgan fingerprint density at radius 1 is 1.25 bits per heavy atom. The number of aryl methyl sites for hydroxylation is 3. The molecule has 0 aromatic carbocycles. The van der Waals surface area contributed by atoms with E-state index in [2.05, 4.69) is 43.8 Å². The van der Waals surface area contributed by atoms with Crippen molar-refractivity contribution in [3.63, 3.8) is 0 Å². The molecule has 1 nitrogen and oxygen atoms in total. The molecule has 1 aromatic heterocycles. The Morgan fingerprint density at radius 2 is 2.00 bits per heavy atom. The monoisotopic (exact) mass is 164 g/mol. The van der Waals surface area contributed by atoms with E-state index in [4.69, 9.17) is 0 Å². The smallest absolute Gasteiger partial charge is 0.171 e. The molecule has 1 aromatic rings. The van der Waals surface area contributed by atoms with Gasteiger partial charge in [-0.25, -0.2) is 4.57 Å². The normalized spacial score (nSPS) is 10.2. The summed E-state index contributed by atoms with van der Waals surface area (Å²) < 4.78 is 2.27. The van der Waals surface area contributed by atoms with Crippen LogP contribution in [0.2, 0.25) is 0 Å². The SMILES string of the molecule is CCCC[n+]1ccc(C)c(C)c1. The van der Waals surface area contributed by atoms with Crippen molar-refractivity contribution in [1.29, 1.82) is 0 Å². The minimum Gasteiger partial charge on any atom is -0.205 e. The molecule has 0 aliphatic rings. The van der Waals surface area contributed by atoms with E-state index in [1.165, 1.54) is 24.0 Å². The van der Waals surface area contributed by atoms with Gasteiger partial charge in [-0.05, 0) is 19.4 Å². The number of aromatic nitrogens is 1. The van der Waals surface area contributed by atoms with Crippen LogP contribution >= 0.6 is 0 Å². The third-order valence-corrected chi connectivity index (χ3v) is 2.27. The van der Waals surface area contributed by atoms with Crippen LogP contribution in [0.5, 0.6) is 0 Å². The molecule has 1 heterocycles. The van der Waals surface area contributed by atoms with E-state index in [0.717, 1.165) is 6.54 Å². The summed E-state index contributed by atoms with van der Waals surface area (Å²) in [5.41, 5.74) is 2.76. The molecule has 0 bridgehead atoms. The van der Waals surface area contributed by atoms with Gasteiger partial charge in [0.1, 0.15) is 6.54 Å². The van der Waals surface area contributed by atoms with Crippen LogP contribution in [-0.4, -0.2) is 0 Å². The standard InChI is InChI=1S/C11H18N/c1-4-5-7-12-8-6-10(2)11(3)9-12/h6,8-9H,4-5,7H2,1-3H3/q+1. The highest BCUT2D eigenvalue weighted by molar-refractivity contribution is 5.16. The van der Waals surface area contributed by atoms with E-state index in [9.17, 15) is 0 Å². The average molecular weight is 164 g/mol.